The summed E-state index contributed by atoms with van der Waals surface area (Å²) in [5.74, 6) is 0.553. The monoisotopic (exact) mass is 412 g/mol. The number of nitrogens with one attached hydrogen (secondary N) is 1. The van der Waals surface area contributed by atoms with Crippen LogP contribution in [-0.2, 0) is 0 Å². The summed E-state index contributed by atoms with van der Waals surface area (Å²) in [5, 5.41) is 16.2. The molecule has 1 saturated heterocycles. The maximum absolute atomic E-state index is 13.7. The fourth-order valence-corrected chi connectivity index (χ4v) is 3.88. The summed E-state index contributed by atoms with van der Waals surface area (Å²) in [6, 6.07) is 3.30. The zero-order valence-electron chi connectivity index (χ0n) is 16.2. The molecule has 2 fully saturated rings. The molecule has 2 N–H and O–H groups in total. The minimum absolute atomic E-state index is 0.0296. The van der Waals surface area contributed by atoms with E-state index in [9.17, 15) is 14.3 Å². The molecule has 0 bridgehead atoms. The number of hydrogen-bond donors (Lipinski definition) is 2. The van der Waals surface area contributed by atoms with Gasteiger partial charge in [-0.1, -0.05) is 0 Å². The van der Waals surface area contributed by atoms with Crippen molar-refractivity contribution in [2.45, 2.75) is 37.3 Å². The SMILES string of the molecule is O=C(NC1(CO)CC1)Oc1cnn2ccc(N3CCC[C@@H]3c3cncc(F)c3)nc12. The zero-order chi connectivity index (χ0) is 20.7. The number of carbonyl (C=O) groups is 1. The third kappa shape index (κ3) is 3.43. The molecule has 3 aromatic rings. The molecule has 0 aromatic carbocycles. The molecule has 1 amide bonds. The van der Waals surface area contributed by atoms with Gasteiger partial charge in [-0.25, -0.2) is 18.7 Å². The van der Waals surface area contributed by atoms with Crippen molar-refractivity contribution in [1.29, 1.82) is 0 Å². The van der Waals surface area contributed by atoms with Gasteiger partial charge in [0.15, 0.2) is 5.75 Å². The second-order valence-electron chi connectivity index (χ2n) is 7.80. The lowest BCUT2D eigenvalue weighted by atomic mass is 10.1. The summed E-state index contributed by atoms with van der Waals surface area (Å²) in [5.41, 5.74) is 0.636. The standard InChI is InChI=1S/C20H21FN6O3/c21-14-8-13(9-22-10-14)15-2-1-6-26(15)17-3-7-27-18(24-17)16(11-23-27)30-19(29)25-20(12-28)4-5-20/h3,7-11,15,28H,1-2,4-6,12H2,(H,25,29)/t15-/m1/s1. The molecule has 5 rings (SSSR count). The Balaban J connectivity index is 1.40. The third-order valence-electron chi connectivity index (χ3n) is 5.71. The number of rotatable bonds is 5. The molecule has 3 aromatic heterocycles. The highest BCUT2D eigenvalue weighted by molar-refractivity contribution is 5.74. The molecular formula is C20H21FN6O3. The molecule has 0 radical (unpaired) electrons. The van der Waals surface area contributed by atoms with Crippen molar-refractivity contribution < 1.29 is 19.0 Å². The van der Waals surface area contributed by atoms with Crippen LogP contribution in [0.3, 0.4) is 0 Å². The Hall–Kier alpha value is -3.27. The molecule has 1 aliphatic heterocycles. The van der Waals surface area contributed by atoms with Gasteiger partial charge in [0.2, 0.25) is 5.65 Å². The van der Waals surface area contributed by atoms with E-state index in [-0.39, 0.29) is 24.2 Å². The van der Waals surface area contributed by atoms with Crippen LogP contribution in [0, 0.1) is 5.82 Å². The van der Waals surface area contributed by atoms with Crippen LogP contribution < -0.4 is 15.0 Å². The highest BCUT2D eigenvalue weighted by atomic mass is 19.1. The second kappa shape index (κ2) is 7.21. The number of nitrogens with zero attached hydrogens (tertiary/aromatic N) is 5. The van der Waals surface area contributed by atoms with Crippen LogP contribution in [0.4, 0.5) is 15.0 Å². The first-order valence-corrected chi connectivity index (χ1v) is 9.89. The molecule has 10 heteroatoms. The molecule has 9 nitrogen and oxygen atoms in total. The molecule has 1 atom stereocenters. The summed E-state index contributed by atoms with van der Waals surface area (Å²) in [7, 11) is 0. The molecular weight excluding hydrogens is 391 g/mol. The zero-order valence-corrected chi connectivity index (χ0v) is 16.2. The third-order valence-corrected chi connectivity index (χ3v) is 5.71. The minimum atomic E-state index is -0.645. The number of hydrogen-bond acceptors (Lipinski definition) is 7. The van der Waals surface area contributed by atoms with Gasteiger partial charge in [0.05, 0.1) is 30.6 Å². The van der Waals surface area contributed by atoms with E-state index >= 15 is 0 Å². The summed E-state index contributed by atoms with van der Waals surface area (Å²) in [6.45, 7) is 0.652. The average molecular weight is 412 g/mol. The number of amides is 1. The number of carbonyl (C=O) groups excluding carboxylic acids is 1. The number of aliphatic hydroxyl groups is 1. The number of fused-ring (bicyclic) bond motifs is 1. The number of anilines is 1. The largest absolute Gasteiger partial charge is 0.413 e. The number of aromatic nitrogens is 4. The Morgan fingerprint density at radius 2 is 2.23 bits per heavy atom. The van der Waals surface area contributed by atoms with Crippen LogP contribution in [0.1, 0.15) is 37.3 Å². The first-order chi connectivity index (χ1) is 14.6. The van der Waals surface area contributed by atoms with Crippen LogP contribution in [0.2, 0.25) is 0 Å². The van der Waals surface area contributed by atoms with E-state index in [4.69, 9.17) is 4.74 Å². The molecule has 156 valence electrons. The summed E-state index contributed by atoms with van der Waals surface area (Å²) in [4.78, 5) is 22.9. The van der Waals surface area contributed by atoms with E-state index in [1.165, 1.54) is 23.0 Å². The highest BCUT2D eigenvalue weighted by Crippen LogP contribution is 2.36. The van der Waals surface area contributed by atoms with Crippen molar-refractivity contribution in [1.82, 2.24) is 24.9 Å². The number of aliphatic hydroxyl groups excluding tert-OH is 1. The normalized spacial score (nSPS) is 19.8. The minimum Gasteiger partial charge on any atom is -0.405 e. The van der Waals surface area contributed by atoms with Gasteiger partial charge in [0.1, 0.15) is 11.6 Å². The number of halogens is 1. The van der Waals surface area contributed by atoms with Crippen molar-refractivity contribution in [3.05, 3.63) is 48.3 Å². The van der Waals surface area contributed by atoms with Crippen molar-refractivity contribution in [3.8, 4) is 5.75 Å². The average Bonchev–Trinajstić information content (AvgIpc) is 3.16. The maximum atomic E-state index is 13.7. The Morgan fingerprint density at radius 3 is 3.00 bits per heavy atom. The van der Waals surface area contributed by atoms with Gasteiger partial charge in [0, 0.05) is 18.9 Å². The molecule has 30 heavy (non-hydrogen) atoms. The van der Waals surface area contributed by atoms with E-state index in [1.807, 2.05) is 6.07 Å². The fraction of sp³-hybridized carbons (Fsp3) is 0.400. The van der Waals surface area contributed by atoms with Crippen LogP contribution in [0.25, 0.3) is 5.65 Å². The quantitative estimate of drug-likeness (QED) is 0.662. The van der Waals surface area contributed by atoms with Gasteiger partial charge < -0.3 is 20.1 Å². The highest BCUT2D eigenvalue weighted by Gasteiger charge is 2.44. The molecule has 2 aliphatic rings. The predicted molar refractivity (Wildman–Crippen MR) is 105 cm³/mol. The molecule has 1 aliphatic carbocycles. The van der Waals surface area contributed by atoms with Crippen LogP contribution >= 0.6 is 0 Å². The van der Waals surface area contributed by atoms with E-state index in [0.29, 0.717) is 11.5 Å². The summed E-state index contributed by atoms with van der Waals surface area (Å²) in [6.07, 6.45) is 8.66. The van der Waals surface area contributed by atoms with Gasteiger partial charge >= 0.3 is 6.09 Å². The fourth-order valence-electron chi connectivity index (χ4n) is 3.88. The van der Waals surface area contributed by atoms with E-state index in [2.05, 4.69) is 25.3 Å². The van der Waals surface area contributed by atoms with Crippen molar-refractivity contribution >= 4 is 17.6 Å². The Kier molecular flexibility index (Phi) is 4.50. The topological polar surface area (TPSA) is 105 Å². The Bertz CT molecular complexity index is 1100. The lowest BCUT2D eigenvalue weighted by Gasteiger charge is -2.26. The summed E-state index contributed by atoms with van der Waals surface area (Å²) < 4.78 is 20.6. The van der Waals surface area contributed by atoms with Gasteiger partial charge in [-0.2, -0.15) is 5.10 Å². The van der Waals surface area contributed by atoms with E-state index < -0.39 is 11.6 Å². The first-order valence-electron chi connectivity index (χ1n) is 9.89. The smallest absolute Gasteiger partial charge is 0.405 e. The molecule has 1 saturated carbocycles. The van der Waals surface area contributed by atoms with Gasteiger partial charge in [-0.3, -0.25) is 4.98 Å². The van der Waals surface area contributed by atoms with Crippen molar-refractivity contribution in [3.63, 3.8) is 0 Å². The molecule has 0 spiro atoms. The lowest BCUT2D eigenvalue weighted by Crippen LogP contribution is -2.41. The van der Waals surface area contributed by atoms with Crippen molar-refractivity contribution in [2.75, 3.05) is 18.1 Å². The van der Waals surface area contributed by atoms with Gasteiger partial charge in [-0.05, 0) is 43.4 Å². The van der Waals surface area contributed by atoms with Crippen molar-refractivity contribution in [2.24, 2.45) is 0 Å². The second-order valence-corrected chi connectivity index (χ2v) is 7.80. The maximum Gasteiger partial charge on any atom is 0.413 e. The Morgan fingerprint density at radius 1 is 1.37 bits per heavy atom. The predicted octanol–water partition coefficient (Wildman–Crippen LogP) is 2.22. The summed E-state index contributed by atoms with van der Waals surface area (Å²) >= 11 is 0. The molecule has 0 unspecified atom stereocenters. The molecule has 4 heterocycles. The van der Waals surface area contributed by atoms with Gasteiger partial charge in [-0.15, -0.1) is 0 Å². The Labute approximate surface area is 171 Å². The number of pyridine rings is 1. The van der Waals surface area contributed by atoms with Crippen LogP contribution in [-0.4, -0.2) is 49.5 Å². The first kappa shape index (κ1) is 18.7. The lowest BCUT2D eigenvalue weighted by molar-refractivity contribution is 0.178. The van der Waals surface area contributed by atoms with Crippen LogP contribution in [0.15, 0.2) is 36.9 Å². The van der Waals surface area contributed by atoms with Gasteiger partial charge in [0.25, 0.3) is 0 Å². The van der Waals surface area contributed by atoms with E-state index in [0.717, 1.165) is 37.8 Å². The number of ether oxygens (including phenoxy) is 1. The van der Waals surface area contributed by atoms with E-state index in [1.54, 1.807) is 12.4 Å². The van der Waals surface area contributed by atoms with Crippen LogP contribution in [0.5, 0.6) is 5.75 Å².